The number of hydrogen-bond acceptors (Lipinski definition) is 2. The molecule has 4 heteroatoms. The average molecular weight is 266 g/mol. The van der Waals surface area contributed by atoms with E-state index in [0.717, 1.165) is 25.7 Å². The van der Waals surface area contributed by atoms with Gasteiger partial charge in [0.15, 0.2) is 0 Å². The van der Waals surface area contributed by atoms with Gasteiger partial charge in [0.1, 0.15) is 0 Å². The fourth-order valence-corrected chi connectivity index (χ4v) is 3.78. The Kier molecular flexibility index (Phi) is 4.48. The monoisotopic (exact) mass is 266 g/mol. The zero-order valence-electron chi connectivity index (χ0n) is 11.9. The van der Waals surface area contributed by atoms with Gasteiger partial charge in [0, 0.05) is 6.54 Å². The Hall–Kier alpha value is -1.06. The smallest absolute Gasteiger partial charge is 0.224 e. The molecule has 0 aliphatic heterocycles. The van der Waals surface area contributed by atoms with Crippen molar-refractivity contribution in [3.05, 3.63) is 0 Å². The van der Waals surface area contributed by atoms with E-state index in [9.17, 15) is 9.59 Å². The molecule has 0 aromatic carbocycles. The van der Waals surface area contributed by atoms with Crippen LogP contribution in [0.1, 0.15) is 58.3 Å². The predicted octanol–water partition coefficient (Wildman–Crippen LogP) is 1.97. The minimum atomic E-state index is -0.554. The van der Waals surface area contributed by atoms with Crippen molar-refractivity contribution in [2.45, 2.75) is 58.3 Å². The summed E-state index contributed by atoms with van der Waals surface area (Å²) < 4.78 is 0. The second-order valence-corrected chi connectivity index (χ2v) is 6.21. The lowest BCUT2D eigenvalue weighted by Crippen LogP contribution is -2.53. The Morgan fingerprint density at radius 2 is 1.89 bits per heavy atom. The second kappa shape index (κ2) is 5.93. The normalized spacial score (nSPS) is 23.6. The van der Waals surface area contributed by atoms with Gasteiger partial charge >= 0.3 is 0 Å². The minimum Gasteiger partial charge on any atom is -0.369 e. The van der Waals surface area contributed by atoms with E-state index in [0.29, 0.717) is 12.5 Å². The van der Waals surface area contributed by atoms with Crippen LogP contribution in [0.4, 0.5) is 0 Å². The largest absolute Gasteiger partial charge is 0.369 e. The van der Waals surface area contributed by atoms with E-state index < -0.39 is 5.41 Å². The Labute approximate surface area is 115 Å². The summed E-state index contributed by atoms with van der Waals surface area (Å²) in [7, 11) is 0. The molecule has 2 amide bonds. The molecule has 0 saturated heterocycles. The van der Waals surface area contributed by atoms with Crippen LogP contribution >= 0.6 is 0 Å². The molecule has 1 atom stereocenters. The molecule has 0 aromatic heterocycles. The number of nitrogens with one attached hydrogen (secondary N) is 1. The van der Waals surface area contributed by atoms with Crippen LogP contribution in [0.5, 0.6) is 0 Å². The first-order valence-electron chi connectivity index (χ1n) is 7.68. The van der Waals surface area contributed by atoms with Crippen LogP contribution in [0.25, 0.3) is 0 Å². The maximum Gasteiger partial charge on any atom is 0.224 e. The summed E-state index contributed by atoms with van der Waals surface area (Å²) in [5.41, 5.74) is 5.07. The Bertz CT molecular complexity index is 344. The van der Waals surface area contributed by atoms with Gasteiger partial charge in [0.2, 0.25) is 11.8 Å². The molecular formula is C15H26N2O2. The van der Waals surface area contributed by atoms with Crippen LogP contribution in [-0.4, -0.2) is 18.4 Å². The maximum absolute atomic E-state index is 12.4. The number of carbonyl (C=O) groups is 2. The van der Waals surface area contributed by atoms with Crippen molar-refractivity contribution >= 4 is 11.8 Å². The van der Waals surface area contributed by atoms with Crippen molar-refractivity contribution < 1.29 is 9.59 Å². The average Bonchev–Trinajstić information content (AvgIpc) is 2.79. The number of carbonyl (C=O) groups excluding carboxylic acids is 2. The molecule has 2 aliphatic carbocycles. The predicted molar refractivity (Wildman–Crippen MR) is 74.2 cm³/mol. The molecule has 2 rings (SSSR count). The van der Waals surface area contributed by atoms with Gasteiger partial charge in [-0.25, -0.2) is 0 Å². The Balaban J connectivity index is 2.12. The molecule has 0 bridgehead atoms. The maximum atomic E-state index is 12.4. The molecule has 2 saturated carbocycles. The van der Waals surface area contributed by atoms with E-state index in [2.05, 4.69) is 5.32 Å². The van der Waals surface area contributed by atoms with Gasteiger partial charge in [0.25, 0.3) is 0 Å². The van der Waals surface area contributed by atoms with Crippen LogP contribution in [0.2, 0.25) is 0 Å². The van der Waals surface area contributed by atoms with Crippen molar-refractivity contribution in [1.29, 1.82) is 0 Å². The third-order valence-electron chi connectivity index (χ3n) is 5.11. The summed E-state index contributed by atoms with van der Waals surface area (Å²) in [5, 5.41) is 2.90. The van der Waals surface area contributed by atoms with Crippen LogP contribution in [0.3, 0.4) is 0 Å². The first-order chi connectivity index (χ1) is 9.10. The summed E-state index contributed by atoms with van der Waals surface area (Å²) in [4.78, 5) is 24.2. The number of nitrogens with two attached hydrogens (primary N) is 1. The van der Waals surface area contributed by atoms with Gasteiger partial charge in [-0.15, -0.1) is 0 Å². The number of hydrogen-bond donors (Lipinski definition) is 2. The van der Waals surface area contributed by atoms with E-state index in [-0.39, 0.29) is 17.7 Å². The summed E-state index contributed by atoms with van der Waals surface area (Å²) in [6.45, 7) is 2.54. The molecule has 19 heavy (non-hydrogen) atoms. The highest BCUT2D eigenvalue weighted by molar-refractivity contribution is 5.90. The van der Waals surface area contributed by atoms with Crippen LogP contribution < -0.4 is 11.1 Å². The summed E-state index contributed by atoms with van der Waals surface area (Å²) in [6, 6.07) is 0. The minimum absolute atomic E-state index is 0.0351. The fourth-order valence-electron chi connectivity index (χ4n) is 3.78. The van der Waals surface area contributed by atoms with Crippen LogP contribution in [-0.2, 0) is 9.59 Å². The molecule has 0 heterocycles. The van der Waals surface area contributed by atoms with Crippen molar-refractivity contribution in [3.63, 3.8) is 0 Å². The van der Waals surface area contributed by atoms with Crippen molar-refractivity contribution in [2.24, 2.45) is 23.0 Å². The van der Waals surface area contributed by atoms with E-state index >= 15 is 0 Å². The zero-order valence-corrected chi connectivity index (χ0v) is 11.9. The lowest BCUT2D eigenvalue weighted by atomic mass is 9.58. The van der Waals surface area contributed by atoms with Gasteiger partial charge in [0.05, 0.1) is 11.3 Å². The van der Waals surface area contributed by atoms with E-state index in [1.54, 1.807) is 0 Å². The van der Waals surface area contributed by atoms with Crippen molar-refractivity contribution in [1.82, 2.24) is 5.32 Å². The Morgan fingerprint density at radius 1 is 1.26 bits per heavy atom. The molecular weight excluding hydrogens is 240 g/mol. The van der Waals surface area contributed by atoms with Crippen LogP contribution in [0, 0.1) is 17.3 Å². The highest BCUT2D eigenvalue weighted by atomic mass is 16.2. The van der Waals surface area contributed by atoms with Gasteiger partial charge in [-0.05, 0) is 32.1 Å². The summed E-state index contributed by atoms with van der Waals surface area (Å²) in [5.74, 6) is 0.159. The molecule has 4 nitrogen and oxygen atoms in total. The van der Waals surface area contributed by atoms with Crippen LogP contribution in [0.15, 0.2) is 0 Å². The lowest BCUT2D eigenvalue weighted by Gasteiger charge is -2.45. The highest BCUT2D eigenvalue weighted by Gasteiger charge is 2.52. The topological polar surface area (TPSA) is 72.2 Å². The molecule has 3 N–H and O–H groups in total. The fraction of sp³-hybridized carbons (Fsp3) is 0.867. The summed E-state index contributed by atoms with van der Waals surface area (Å²) >= 11 is 0. The van der Waals surface area contributed by atoms with E-state index in [1.807, 2.05) is 6.92 Å². The quantitative estimate of drug-likeness (QED) is 0.771. The Morgan fingerprint density at radius 3 is 2.32 bits per heavy atom. The molecule has 2 fully saturated rings. The van der Waals surface area contributed by atoms with E-state index in [1.165, 1.54) is 25.7 Å². The molecule has 2 aliphatic rings. The molecule has 0 radical (unpaired) electrons. The molecule has 1 unspecified atom stereocenters. The first kappa shape index (κ1) is 14.4. The summed E-state index contributed by atoms with van der Waals surface area (Å²) in [6.07, 6.45) is 8.36. The van der Waals surface area contributed by atoms with Gasteiger partial charge in [-0.2, -0.15) is 0 Å². The zero-order chi connectivity index (χ0) is 13.9. The number of amides is 2. The third-order valence-corrected chi connectivity index (χ3v) is 5.11. The SMILES string of the molecule is CCNC(=O)C(CC1CCCC1)C1(C(N)=O)CCC1. The molecule has 108 valence electrons. The van der Waals surface area contributed by atoms with Gasteiger partial charge < -0.3 is 11.1 Å². The van der Waals surface area contributed by atoms with E-state index in [4.69, 9.17) is 5.73 Å². The second-order valence-electron chi connectivity index (χ2n) is 6.21. The number of rotatable bonds is 6. The number of primary amides is 1. The highest BCUT2D eigenvalue weighted by Crippen LogP contribution is 2.50. The van der Waals surface area contributed by atoms with Crippen molar-refractivity contribution in [2.75, 3.05) is 6.54 Å². The standard InChI is InChI=1S/C15H26N2O2/c1-2-17-13(18)12(10-11-6-3-4-7-11)15(14(16)19)8-5-9-15/h11-12H,2-10H2,1H3,(H2,16,19)(H,17,18). The van der Waals surface area contributed by atoms with Gasteiger partial charge in [-0.3, -0.25) is 9.59 Å². The molecule has 0 spiro atoms. The third kappa shape index (κ3) is 2.77. The lowest BCUT2D eigenvalue weighted by molar-refractivity contribution is -0.147. The van der Waals surface area contributed by atoms with Gasteiger partial charge in [-0.1, -0.05) is 32.1 Å². The molecule has 0 aromatic rings. The first-order valence-corrected chi connectivity index (χ1v) is 7.68. The van der Waals surface area contributed by atoms with Crippen molar-refractivity contribution in [3.8, 4) is 0 Å².